The lowest BCUT2D eigenvalue weighted by atomic mass is 10.1. The number of aromatic hydroxyl groups is 1. The SMILES string of the molecule is COCC(CNC(C)c1ccccc1O)OC. The average molecular weight is 239 g/mol. The van der Waals surface area contributed by atoms with Crippen LogP contribution >= 0.6 is 0 Å². The minimum Gasteiger partial charge on any atom is -0.508 e. The molecule has 96 valence electrons. The lowest BCUT2D eigenvalue weighted by molar-refractivity contribution is 0.0276. The van der Waals surface area contributed by atoms with Crippen LogP contribution in [0.5, 0.6) is 5.75 Å². The number of benzene rings is 1. The van der Waals surface area contributed by atoms with E-state index in [9.17, 15) is 5.11 Å². The second-order valence-electron chi connectivity index (χ2n) is 4.00. The third kappa shape index (κ3) is 4.34. The van der Waals surface area contributed by atoms with Gasteiger partial charge in [0.15, 0.2) is 0 Å². The number of hydrogen-bond acceptors (Lipinski definition) is 4. The summed E-state index contributed by atoms with van der Waals surface area (Å²) in [6, 6.07) is 7.40. The van der Waals surface area contributed by atoms with E-state index in [0.29, 0.717) is 18.9 Å². The van der Waals surface area contributed by atoms with E-state index in [1.807, 2.05) is 25.1 Å². The van der Waals surface area contributed by atoms with E-state index >= 15 is 0 Å². The average Bonchev–Trinajstić information content (AvgIpc) is 2.34. The Labute approximate surface area is 103 Å². The summed E-state index contributed by atoms with van der Waals surface area (Å²) >= 11 is 0. The van der Waals surface area contributed by atoms with Crippen molar-refractivity contribution < 1.29 is 14.6 Å². The van der Waals surface area contributed by atoms with Crippen LogP contribution in [0.4, 0.5) is 0 Å². The van der Waals surface area contributed by atoms with E-state index in [1.54, 1.807) is 20.3 Å². The number of ether oxygens (including phenoxy) is 2. The minimum atomic E-state index is 0.0216. The number of phenols is 1. The molecule has 1 aromatic carbocycles. The molecule has 2 atom stereocenters. The lowest BCUT2D eigenvalue weighted by Gasteiger charge is -2.20. The molecular formula is C13H21NO3. The smallest absolute Gasteiger partial charge is 0.120 e. The zero-order chi connectivity index (χ0) is 12.7. The summed E-state index contributed by atoms with van der Waals surface area (Å²) in [7, 11) is 3.31. The summed E-state index contributed by atoms with van der Waals surface area (Å²) in [5.41, 5.74) is 0.889. The fourth-order valence-corrected chi connectivity index (χ4v) is 1.67. The van der Waals surface area contributed by atoms with Gasteiger partial charge in [-0.1, -0.05) is 18.2 Å². The molecule has 0 aliphatic rings. The van der Waals surface area contributed by atoms with Crippen LogP contribution in [0.25, 0.3) is 0 Å². The molecule has 0 heterocycles. The van der Waals surface area contributed by atoms with Crippen molar-refractivity contribution >= 4 is 0 Å². The van der Waals surface area contributed by atoms with E-state index in [4.69, 9.17) is 9.47 Å². The molecule has 0 aliphatic heterocycles. The zero-order valence-electron chi connectivity index (χ0n) is 10.6. The van der Waals surface area contributed by atoms with Crippen LogP contribution in [0.15, 0.2) is 24.3 Å². The summed E-state index contributed by atoms with van der Waals surface area (Å²) in [5, 5.41) is 13.0. The fourth-order valence-electron chi connectivity index (χ4n) is 1.67. The summed E-state index contributed by atoms with van der Waals surface area (Å²) in [6.07, 6.45) is 0.0216. The standard InChI is InChI=1S/C13H21NO3/c1-10(12-6-4-5-7-13(12)15)14-8-11(17-3)9-16-2/h4-7,10-11,14-15H,8-9H2,1-3H3. The molecule has 0 amide bonds. The molecule has 0 fully saturated rings. The second kappa shape index (κ2) is 7.27. The molecule has 2 unspecified atom stereocenters. The molecule has 4 heteroatoms. The van der Waals surface area contributed by atoms with Crippen LogP contribution in [-0.4, -0.2) is 38.6 Å². The minimum absolute atomic E-state index is 0.0216. The van der Waals surface area contributed by atoms with E-state index in [1.165, 1.54) is 0 Å². The third-order valence-corrected chi connectivity index (χ3v) is 2.74. The van der Waals surface area contributed by atoms with Gasteiger partial charge in [0.2, 0.25) is 0 Å². The predicted molar refractivity (Wildman–Crippen MR) is 67.2 cm³/mol. The van der Waals surface area contributed by atoms with E-state index in [0.717, 1.165) is 5.56 Å². The Bertz CT molecular complexity index is 330. The maximum atomic E-state index is 9.71. The number of nitrogens with one attached hydrogen (secondary N) is 1. The van der Waals surface area contributed by atoms with Crippen molar-refractivity contribution in [1.82, 2.24) is 5.32 Å². The Hall–Kier alpha value is -1.10. The summed E-state index contributed by atoms with van der Waals surface area (Å²) < 4.78 is 10.3. The normalized spacial score (nSPS) is 14.5. The molecule has 0 aliphatic carbocycles. The Morgan fingerprint density at radius 3 is 2.59 bits per heavy atom. The van der Waals surface area contributed by atoms with Gasteiger partial charge in [0.1, 0.15) is 5.75 Å². The molecule has 0 spiro atoms. The molecule has 4 nitrogen and oxygen atoms in total. The van der Waals surface area contributed by atoms with E-state index in [2.05, 4.69) is 5.32 Å². The van der Waals surface area contributed by atoms with Crippen molar-refractivity contribution in [2.75, 3.05) is 27.4 Å². The zero-order valence-corrected chi connectivity index (χ0v) is 10.6. The second-order valence-corrected chi connectivity index (χ2v) is 4.00. The molecule has 0 saturated carbocycles. The van der Waals surface area contributed by atoms with Crippen molar-refractivity contribution in [3.8, 4) is 5.75 Å². The topological polar surface area (TPSA) is 50.7 Å². The van der Waals surface area contributed by atoms with Crippen LogP contribution in [0.2, 0.25) is 0 Å². The third-order valence-electron chi connectivity index (χ3n) is 2.74. The summed E-state index contributed by atoms with van der Waals surface area (Å²) in [5.74, 6) is 0.313. The molecule has 0 saturated heterocycles. The highest BCUT2D eigenvalue weighted by molar-refractivity contribution is 5.34. The Kier molecular flexibility index (Phi) is 5.97. The molecule has 1 aromatic rings. The number of methoxy groups -OCH3 is 2. The van der Waals surface area contributed by atoms with Gasteiger partial charge < -0.3 is 19.9 Å². The lowest BCUT2D eigenvalue weighted by Crippen LogP contribution is -2.33. The van der Waals surface area contributed by atoms with Crippen LogP contribution in [-0.2, 0) is 9.47 Å². The largest absolute Gasteiger partial charge is 0.508 e. The number of phenolic OH excluding ortho intramolecular Hbond substituents is 1. The van der Waals surface area contributed by atoms with Crippen LogP contribution in [0.3, 0.4) is 0 Å². The van der Waals surface area contributed by atoms with Gasteiger partial charge in [0.05, 0.1) is 12.7 Å². The first-order chi connectivity index (χ1) is 8.19. The van der Waals surface area contributed by atoms with Crippen molar-refractivity contribution in [2.45, 2.75) is 19.1 Å². The van der Waals surface area contributed by atoms with Gasteiger partial charge in [-0.3, -0.25) is 0 Å². The molecule has 1 rings (SSSR count). The quantitative estimate of drug-likeness (QED) is 0.760. The maximum absolute atomic E-state index is 9.71. The molecule has 2 N–H and O–H groups in total. The molecule has 0 bridgehead atoms. The van der Waals surface area contributed by atoms with Gasteiger partial charge >= 0.3 is 0 Å². The van der Waals surface area contributed by atoms with E-state index < -0.39 is 0 Å². The van der Waals surface area contributed by atoms with Crippen molar-refractivity contribution in [3.63, 3.8) is 0 Å². The number of hydrogen-bond donors (Lipinski definition) is 2. The maximum Gasteiger partial charge on any atom is 0.120 e. The summed E-state index contributed by atoms with van der Waals surface area (Å²) in [4.78, 5) is 0. The first-order valence-electron chi connectivity index (χ1n) is 5.72. The predicted octanol–water partition coefficient (Wildman–Crippen LogP) is 1.70. The Morgan fingerprint density at radius 1 is 1.29 bits per heavy atom. The van der Waals surface area contributed by atoms with Gasteiger partial charge in [0, 0.05) is 32.4 Å². The van der Waals surface area contributed by atoms with Gasteiger partial charge in [-0.05, 0) is 13.0 Å². The fraction of sp³-hybridized carbons (Fsp3) is 0.538. The van der Waals surface area contributed by atoms with Gasteiger partial charge in [-0.15, -0.1) is 0 Å². The Balaban J connectivity index is 2.49. The molecular weight excluding hydrogens is 218 g/mol. The van der Waals surface area contributed by atoms with Crippen LogP contribution < -0.4 is 5.32 Å². The Morgan fingerprint density at radius 2 is 2.00 bits per heavy atom. The molecule has 0 aromatic heterocycles. The van der Waals surface area contributed by atoms with Crippen molar-refractivity contribution in [3.05, 3.63) is 29.8 Å². The van der Waals surface area contributed by atoms with Gasteiger partial charge in [-0.2, -0.15) is 0 Å². The monoisotopic (exact) mass is 239 g/mol. The van der Waals surface area contributed by atoms with Crippen LogP contribution in [0.1, 0.15) is 18.5 Å². The van der Waals surface area contributed by atoms with Crippen molar-refractivity contribution in [2.24, 2.45) is 0 Å². The number of rotatable bonds is 7. The van der Waals surface area contributed by atoms with Gasteiger partial charge in [0.25, 0.3) is 0 Å². The summed E-state index contributed by atoms with van der Waals surface area (Å²) in [6.45, 7) is 3.24. The van der Waals surface area contributed by atoms with E-state index in [-0.39, 0.29) is 12.1 Å². The highest BCUT2D eigenvalue weighted by Gasteiger charge is 2.12. The van der Waals surface area contributed by atoms with Gasteiger partial charge in [-0.25, -0.2) is 0 Å². The first kappa shape index (κ1) is 14.0. The van der Waals surface area contributed by atoms with Crippen molar-refractivity contribution in [1.29, 1.82) is 0 Å². The number of para-hydroxylation sites is 1. The molecule has 17 heavy (non-hydrogen) atoms. The first-order valence-corrected chi connectivity index (χ1v) is 5.72. The highest BCUT2D eigenvalue weighted by Crippen LogP contribution is 2.22. The van der Waals surface area contributed by atoms with Crippen LogP contribution in [0, 0.1) is 0 Å². The molecule has 0 radical (unpaired) electrons. The highest BCUT2D eigenvalue weighted by atomic mass is 16.5.